The molecule has 1 unspecified atom stereocenters. The van der Waals surface area contributed by atoms with E-state index < -0.39 is 0 Å². The Balaban J connectivity index is 0.00000235. The minimum atomic E-state index is 0.182. The van der Waals surface area contributed by atoms with Gasteiger partial charge in [-0.3, -0.25) is 9.80 Å². The molecule has 6 nitrogen and oxygen atoms in total. The quantitative estimate of drug-likeness (QED) is 0.199. The van der Waals surface area contributed by atoms with Crippen LogP contribution in [0.4, 0.5) is 5.82 Å². The number of hydrogen-bond acceptors (Lipinski definition) is 6. The standard InChI is InChI=1S/C37H42ClN5O.C2H6/c1-5-7-8-34-33(6-2)37(39-25-28-11-19-32(44-4)20-12-28)41-35(40-34)26-42-21-23-43(24-22-42)36(29-13-9-27(3)10-14-29)30-15-17-31(38)18-16-30;1-2/h5-20,36H,21-26H2,1-4H3,(H,39,40,41);1-2H3/b7-5-,33-6+,34-8+;. The lowest BCUT2D eigenvalue weighted by atomic mass is 9.95. The van der Waals surface area contributed by atoms with Crippen LogP contribution in [0.15, 0.2) is 84.9 Å². The van der Waals surface area contributed by atoms with Gasteiger partial charge in [0.25, 0.3) is 0 Å². The summed E-state index contributed by atoms with van der Waals surface area (Å²) in [5, 5.41) is 6.27. The van der Waals surface area contributed by atoms with Gasteiger partial charge in [0, 0.05) is 43.0 Å². The molecule has 5 rings (SSSR count). The number of nitrogens with zero attached hydrogens (tertiary/aromatic N) is 4. The molecule has 1 aliphatic rings. The van der Waals surface area contributed by atoms with Gasteiger partial charge >= 0.3 is 0 Å². The van der Waals surface area contributed by atoms with E-state index in [1.54, 1.807) is 7.11 Å². The van der Waals surface area contributed by atoms with Gasteiger partial charge < -0.3 is 10.1 Å². The lowest BCUT2D eigenvalue weighted by Gasteiger charge is -2.39. The Morgan fingerprint density at radius 2 is 1.50 bits per heavy atom. The molecule has 1 aliphatic heterocycles. The number of aromatic nitrogens is 2. The van der Waals surface area contributed by atoms with Gasteiger partial charge in [0.2, 0.25) is 0 Å². The highest BCUT2D eigenvalue weighted by Crippen LogP contribution is 2.31. The van der Waals surface area contributed by atoms with Crippen molar-refractivity contribution in [1.82, 2.24) is 19.8 Å². The molecule has 3 aromatic carbocycles. The molecule has 0 radical (unpaired) electrons. The Bertz CT molecular complexity index is 1610. The van der Waals surface area contributed by atoms with Crippen molar-refractivity contribution in [2.75, 3.05) is 38.6 Å². The zero-order valence-electron chi connectivity index (χ0n) is 28.1. The predicted molar refractivity (Wildman–Crippen MR) is 194 cm³/mol. The topological polar surface area (TPSA) is 53.5 Å². The van der Waals surface area contributed by atoms with E-state index in [1.165, 1.54) is 16.7 Å². The first-order valence-corrected chi connectivity index (χ1v) is 16.7. The van der Waals surface area contributed by atoms with Crippen molar-refractivity contribution in [1.29, 1.82) is 0 Å². The first-order chi connectivity index (χ1) is 22.5. The summed E-state index contributed by atoms with van der Waals surface area (Å²) in [6.07, 6.45) is 8.20. The molecule has 242 valence electrons. The molecule has 0 amide bonds. The van der Waals surface area contributed by atoms with Crippen LogP contribution in [0.3, 0.4) is 0 Å². The minimum Gasteiger partial charge on any atom is -0.497 e. The summed E-state index contributed by atoms with van der Waals surface area (Å²) in [7, 11) is 1.68. The molecular weight excluding hydrogens is 590 g/mol. The summed E-state index contributed by atoms with van der Waals surface area (Å²) >= 11 is 6.25. The van der Waals surface area contributed by atoms with Crippen LogP contribution in [0.5, 0.6) is 5.75 Å². The number of aryl methyl sites for hydroxylation is 1. The van der Waals surface area contributed by atoms with Crippen molar-refractivity contribution in [3.8, 4) is 5.75 Å². The van der Waals surface area contributed by atoms with E-state index in [2.05, 4.69) is 82.7 Å². The summed E-state index contributed by atoms with van der Waals surface area (Å²) in [4.78, 5) is 15.1. The summed E-state index contributed by atoms with van der Waals surface area (Å²) < 4.78 is 5.31. The first kappa shape index (κ1) is 34.9. The van der Waals surface area contributed by atoms with Crippen molar-refractivity contribution in [3.05, 3.63) is 129 Å². The molecule has 7 heteroatoms. The van der Waals surface area contributed by atoms with E-state index >= 15 is 0 Å². The summed E-state index contributed by atoms with van der Waals surface area (Å²) in [5.74, 6) is 2.53. The average Bonchev–Trinajstić information content (AvgIpc) is 3.10. The number of benzene rings is 3. The van der Waals surface area contributed by atoms with Crippen LogP contribution in [0.2, 0.25) is 5.02 Å². The second-order valence-electron chi connectivity index (χ2n) is 11.1. The van der Waals surface area contributed by atoms with Crippen LogP contribution < -0.4 is 20.6 Å². The Morgan fingerprint density at radius 1 is 0.870 bits per heavy atom. The van der Waals surface area contributed by atoms with E-state index in [-0.39, 0.29) is 6.04 Å². The average molecular weight is 638 g/mol. The summed E-state index contributed by atoms with van der Waals surface area (Å²) in [6, 6.07) is 25.5. The van der Waals surface area contributed by atoms with Gasteiger partial charge in [-0.05, 0) is 67.8 Å². The molecule has 4 aromatic rings. The van der Waals surface area contributed by atoms with E-state index in [1.807, 2.05) is 64.1 Å². The van der Waals surface area contributed by atoms with Crippen molar-refractivity contribution >= 4 is 29.6 Å². The van der Waals surface area contributed by atoms with Gasteiger partial charge in [0.15, 0.2) is 0 Å². The number of rotatable bonds is 10. The SMILES string of the molecule is CC.C\C=C/C=c1/nc(CN2CCN(C(c3ccc(C)cc3)c3ccc(Cl)cc3)CC2)nc(NCc2ccc(OC)cc2)/c1=C/C. The largest absolute Gasteiger partial charge is 0.497 e. The maximum atomic E-state index is 6.25. The Hall–Kier alpha value is -3.97. The highest BCUT2D eigenvalue weighted by atomic mass is 35.5. The van der Waals surface area contributed by atoms with Gasteiger partial charge in [-0.15, -0.1) is 0 Å². The normalized spacial score (nSPS) is 15.5. The fourth-order valence-electron chi connectivity index (χ4n) is 5.66. The van der Waals surface area contributed by atoms with E-state index in [0.717, 1.165) is 64.7 Å². The van der Waals surface area contributed by atoms with Gasteiger partial charge in [-0.2, -0.15) is 0 Å². The molecule has 1 aromatic heterocycles. The zero-order chi connectivity index (χ0) is 32.9. The maximum absolute atomic E-state index is 6.25. The Morgan fingerprint density at radius 3 is 2.09 bits per heavy atom. The van der Waals surface area contributed by atoms with Crippen LogP contribution in [0, 0.1) is 6.92 Å². The Labute approximate surface area is 280 Å². The van der Waals surface area contributed by atoms with Crippen LogP contribution in [0.25, 0.3) is 12.2 Å². The lowest BCUT2D eigenvalue weighted by Crippen LogP contribution is -2.48. The van der Waals surface area contributed by atoms with Gasteiger partial charge in [-0.1, -0.05) is 97.8 Å². The zero-order valence-corrected chi connectivity index (χ0v) is 28.9. The number of halogens is 1. The number of ether oxygens (including phenoxy) is 1. The minimum absolute atomic E-state index is 0.182. The van der Waals surface area contributed by atoms with Crippen LogP contribution >= 0.6 is 11.6 Å². The van der Waals surface area contributed by atoms with E-state index in [4.69, 9.17) is 26.3 Å². The fraction of sp³-hybridized carbons (Fsp3) is 0.333. The van der Waals surface area contributed by atoms with E-state index in [9.17, 15) is 0 Å². The smallest absolute Gasteiger partial charge is 0.145 e. The van der Waals surface area contributed by atoms with Gasteiger partial charge in [-0.25, -0.2) is 9.97 Å². The third-order valence-corrected chi connectivity index (χ3v) is 8.34. The van der Waals surface area contributed by atoms with Crippen LogP contribution in [-0.4, -0.2) is 53.1 Å². The third-order valence-electron chi connectivity index (χ3n) is 8.09. The molecule has 1 atom stereocenters. The number of anilines is 1. The molecule has 0 bridgehead atoms. The fourth-order valence-corrected chi connectivity index (χ4v) is 5.78. The monoisotopic (exact) mass is 637 g/mol. The van der Waals surface area contributed by atoms with Crippen molar-refractivity contribution in [3.63, 3.8) is 0 Å². The number of allylic oxidation sites excluding steroid dienone is 2. The van der Waals surface area contributed by atoms with Crippen molar-refractivity contribution in [2.24, 2.45) is 0 Å². The van der Waals surface area contributed by atoms with Crippen molar-refractivity contribution in [2.45, 2.75) is 53.8 Å². The van der Waals surface area contributed by atoms with Gasteiger partial charge in [0.05, 0.1) is 25.0 Å². The molecule has 46 heavy (non-hydrogen) atoms. The highest BCUT2D eigenvalue weighted by molar-refractivity contribution is 6.30. The Kier molecular flexibility index (Phi) is 13.4. The number of nitrogens with one attached hydrogen (secondary N) is 1. The predicted octanol–water partition coefficient (Wildman–Crippen LogP) is 7.15. The summed E-state index contributed by atoms with van der Waals surface area (Å²) in [5.41, 5.74) is 4.99. The highest BCUT2D eigenvalue weighted by Gasteiger charge is 2.27. The van der Waals surface area contributed by atoms with E-state index in [0.29, 0.717) is 13.1 Å². The van der Waals surface area contributed by atoms with Gasteiger partial charge in [0.1, 0.15) is 17.4 Å². The molecule has 1 fully saturated rings. The van der Waals surface area contributed by atoms with Crippen LogP contribution in [-0.2, 0) is 13.1 Å². The molecule has 0 aliphatic carbocycles. The molecule has 1 N–H and O–H groups in total. The second-order valence-corrected chi connectivity index (χ2v) is 11.6. The number of hydrogen-bond donors (Lipinski definition) is 1. The summed E-state index contributed by atoms with van der Waals surface area (Å²) in [6.45, 7) is 15.3. The molecule has 0 saturated carbocycles. The molecule has 0 spiro atoms. The molecule has 1 saturated heterocycles. The lowest BCUT2D eigenvalue weighted by molar-refractivity contribution is 0.103. The number of methoxy groups -OCH3 is 1. The molecular formula is C39H48ClN5O. The maximum Gasteiger partial charge on any atom is 0.145 e. The molecule has 2 heterocycles. The van der Waals surface area contributed by atoms with Crippen molar-refractivity contribution < 1.29 is 4.74 Å². The third kappa shape index (κ3) is 9.29. The number of piperazine rings is 1. The van der Waals surface area contributed by atoms with Crippen LogP contribution in [0.1, 0.15) is 61.8 Å². The second kappa shape index (κ2) is 17.7. The first-order valence-electron chi connectivity index (χ1n) is 16.3.